The Kier molecular flexibility index (Phi) is 6.12. The normalized spacial score (nSPS) is 17.4. The third-order valence-corrected chi connectivity index (χ3v) is 3.66. The van der Waals surface area contributed by atoms with E-state index >= 15 is 0 Å². The number of esters is 1. The SMILES string of the molecule is O=C(CN1C(=O)C=CC1=O)OC(CCCO)C(=O)CN1C(=O)C=CC1=O. The maximum Gasteiger partial charge on any atom is 0.326 e. The van der Waals surface area contributed by atoms with Gasteiger partial charge in [-0.2, -0.15) is 0 Å². The maximum absolute atomic E-state index is 12.3. The minimum Gasteiger partial charge on any atom is -0.453 e. The summed E-state index contributed by atoms with van der Waals surface area (Å²) in [5.74, 6) is -4.38. The Morgan fingerprint density at radius 3 is 1.81 bits per heavy atom. The van der Waals surface area contributed by atoms with E-state index in [0.717, 1.165) is 24.3 Å². The summed E-state index contributed by atoms with van der Waals surface area (Å²) in [5.41, 5.74) is 0. The largest absolute Gasteiger partial charge is 0.453 e. The van der Waals surface area contributed by atoms with Crippen molar-refractivity contribution < 1.29 is 38.6 Å². The lowest BCUT2D eigenvalue weighted by Crippen LogP contribution is -2.42. The third-order valence-electron chi connectivity index (χ3n) is 3.66. The predicted molar refractivity (Wildman–Crippen MR) is 82.9 cm³/mol. The Labute approximate surface area is 147 Å². The molecule has 0 spiro atoms. The average Bonchev–Trinajstić information content (AvgIpc) is 3.08. The monoisotopic (exact) mass is 364 g/mol. The van der Waals surface area contributed by atoms with E-state index in [1.54, 1.807) is 0 Å². The number of nitrogens with zero attached hydrogens (tertiary/aromatic N) is 2. The van der Waals surface area contributed by atoms with Crippen molar-refractivity contribution in [1.29, 1.82) is 0 Å². The van der Waals surface area contributed by atoms with Crippen LogP contribution in [-0.4, -0.2) is 76.1 Å². The van der Waals surface area contributed by atoms with Gasteiger partial charge in [-0.3, -0.25) is 38.6 Å². The molecule has 4 amide bonds. The topological polar surface area (TPSA) is 138 Å². The lowest BCUT2D eigenvalue weighted by molar-refractivity contribution is -0.160. The van der Waals surface area contributed by atoms with Gasteiger partial charge in [-0.1, -0.05) is 0 Å². The van der Waals surface area contributed by atoms with Crippen LogP contribution in [0.25, 0.3) is 0 Å². The van der Waals surface area contributed by atoms with Gasteiger partial charge in [0, 0.05) is 30.9 Å². The van der Waals surface area contributed by atoms with Crippen molar-refractivity contribution in [1.82, 2.24) is 9.80 Å². The van der Waals surface area contributed by atoms with Crippen LogP contribution in [0.15, 0.2) is 24.3 Å². The van der Waals surface area contributed by atoms with Gasteiger partial charge in [0.25, 0.3) is 23.6 Å². The molecule has 2 heterocycles. The first-order valence-electron chi connectivity index (χ1n) is 7.73. The summed E-state index contributed by atoms with van der Waals surface area (Å²) in [6, 6.07) is 0. The number of hydrogen-bond donors (Lipinski definition) is 1. The number of imide groups is 2. The van der Waals surface area contributed by atoms with Crippen LogP contribution in [0.5, 0.6) is 0 Å². The van der Waals surface area contributed by atoms with Gasteiger partial charge >= 0.3 is 5.97 Å². The standard InChI is InChI=1S/C16H16N2O8/c19-7-1-2-11(10(20)8-17-12(21)3-4-13(17)22)26-16(25)9-18-14(23)5-6-15(18)24/h3-6,11,19H,1-2,7-9H2. The molecule has 0 aromatic carbocycles. The third kappa shape index (κ3) is 4.48. The molecular weight excluding hydrogens is 348 g/mol. The molecule has 0 aliphatic carbocycles. The number of rotatable bonds is 9. The van der Waals surface area contributed by atoms with E-state index < -0.39 is 54.6 Å². The lowest BCUT2D eigenvalue weighted by Gasteiger charge is -2.21. The molecule has 0 saturated heterocycles. The zero-order chi connectivity index (χ0) is 19.3. The number of Topliss-reactive ketones (excluding diaryl/α,β-unsaturated/α-hetero) is 1. The molecular formula is C16H16N2O8. The van der Waals surface area contributed by atoms with Gasteiger partial charge in [0.1, 0.15) is 6.54 Å². The van der Waals surface area contributed by atoms with Crippen molar-refractivity contribution in [3.63, 3.8) is 0 Å². The van der Waals surface area contributed by atoms with E-state index in [4.69, 9.17) is 9.84 Å². The summed E-state index contributed by atoms with van der Waals surface area (Å²) in [6.07, 6.45) is 2.81. The van der Waals surface area contributed by atoms with Crippen molar-refractivity contribution in [2.45, 2.75) is 18.9 Å². The van der Waals surface area contributed by atoms with Crippen LogP contribution < -0.4 is 0 Å². The van der Waals surface area contributed by atoms with E-state index in [2.05, 4.69) is 0 Å². The first-order chi connectivity index (χ1) is 12.3. The summed E-state index contributed by atoms with van der Waals surface area (Å²) in [7, 11) is 0. The van der Waals surface area contributed by atoms with Crippen molar-refractivity contribution in [3.05, 3.63) is 24.3 Å². The predicted octanol–water partition coefficient (Wildman–Crippen LogP) is -1.91. The van der Waals surface area contributed by atoms with E-state index in [1.807, 2.05) is 0 Å². The fraction of sp³-hybridized carbons (Fsp3) is 0.375. The number of carbonyl (C=O) groups is 6. The van der Waals surface area contributed by atoms with E-state index in [1.165, 1.54) is 0 Å². The summed E-state index contributed by atoms with van der Waals surface area (Å²) in [5, 5.41) is 8.91. The molecule has 138 valence electrons. The highest BCUT2D eigenvalue weighted by atomic mass is 16.5. The van der Waals surface area contributed by atoms with E-state index in [0.29, 0.717) is 9.80 Å². The second kappa shape index (κ2) is 8.30. The Hall–Kier alpha value is -3.14. The molecule has 2 aliphatic rings. The highest BCUT2D eigenvalue weighted by Gasteiger charge is 2.32. The molecule has 0 aromatic rings. The second-order valence-corrected chi connectivity index (χ2v) is 5.50. The van der Waals surface area contributed by atoms with Crippen molar-refractivity contribution in [2.75, 3.05) is 19.7 Å². The highest BCUT2D eigenvalue weighted by Crippen LogP contribution is 2.11. The zero-order valence-corrected chi connectivity index (χ0v) is 13.6. The van der Waals surface area contributed by atoms with Crippen LogP contribution in [0.4, 0.5) is 0 Å². The fourth-order valence-corrected chi connectivity index (χ4v) is 2.32. The van der Waals surface area contributed by atoms with Crippen LogP contribution in [0.2, 0.25) is 0 Å². The van der Waals surface area contributed by atoms with Gasteiger partial charge in [0.15, 0.2) is 11.9 Å². The first kappa shape index (κ1) is 19.2. The molecule has 1 atom stereocenters. The average molecular weight is 364 g/mol. The van der Waals surface area contributed by atoms with Gasteiger partial charge < -0.3 is 9.84 Å². The van der Waals surface area contributed by atoms with Crippen LogP contribution in [-0.2, 0) is 33.5 Å². The van der Waals surface area contributed by atoms with Crippen LogP contribution in [0.1, 0.15) is 12.8 Å². The molecule has 0 aromatic heterocycles. The molecule has 26 heavy (non-hydrogen) atoms. The van der Waals surface area contributed by atoms with Gasteiger partial charge in [0.05, 0.1) is 6.54 Å². The minimum absolute atomic E-state index is 0.0368. The summed E-state index contributed by atoms with van der Waals surface area (Å²) in [4.78, 5) is 71.5. The number of carbonyl (C=O) groups excluding carboxylic acids is 6. The molecule has 0 radical (unpaired) electrons. The van der Waals surface area contributed by atoms with Gasteiger partial charge in [-0.25, -0.2) is 0 Å². The van der Waals surface area contributed by atoms with Gasteiger partial charge in [-0.15, -0.1) is 0 Å². The maximum atomic E-state index is 12.3. The molecule has 10 nitrogen and oxygen atoms in total. The Balaban J connectivity index is 1.97. The van der Waals surface area contributed by atoms with Crippen LogP contribution in [0, 0.1) is 0 Å². The molecule has 1 unspecified atom stereocenters. The zero-order valence-electron chi connectivity index (χ0n) is 13.6. The van der Waals surface area contributed by atoms with Crippen molar-refractivity contribution in [2.24, 2.45) is 0 Å². The molecule has 0 saturated carbocycles. The summed E-state index contributed by atoms with van der Waals surface area (Å²) in [6.45, 7) is -1.52. The second-order valence-electron chi connectivity index (χ2n) is 5.50. The summed E-state index contributed by atoms with van der Waals surface area (Å²) < 4.78 is 5.01. The smallest absolute Gasteiger partial charge is 0.326 e. The van der Waals surface area contributed by atoms with Crippen molar-refractivity contribution >= 4 is 35.4 Å². The number of aliphatic hydroxyl groups is 1. The molecule has 2 aliphatic heterocycles. The quantitative estimate of drug-likeness (QED) is 0.369. The minimum atomic E-state index is -1.32. The number of hydrogen-bond acceptors (Lipinski definition) is 8. The Bertz CT molecular complexity index is 688. The first-order valence-corrected chi connectivity index (χ1v) is 7.73. The number of ketones is 1. The fourth-order valence-electron chi connectivity index (χ4n) is 2.32. The molecule has 10 heteroatoms. The Morgan fingerprint density at radius 1 is 0.885 bits per heavy atom. The molecule has 2 rings (SSSR count). The molecule has 0 fully saturated rings. The Morgan fingerprint density at radius 2 is 1.35 bits per heavy atom. The van der Waals surface area contributed by atoms with Crippen LogP contribution >= 0.6 is 0 Å². The summed E-state index contributed by atoms with van der Waals surface area (Å²) >= 11 is 0. The molecule has 0 bridgehead atoms. The lowest BCUT2D eigenvalue weighted by atomic mass is 10.1. The number of aliphatic hydroxyl groups excluding tert-OH is 1. The van der Waals surface area contributed by atoms with Gasteiger partial charge in [-0.05, 0) is 12.8 Å². The van der Waals surface area contributed by atoms with Gasteiger partial charge in [0.2, 0.25) is 0 Å². The van der Waals surface area contributed by atoms with Crippen molar-refractivity contribution in [3.8, 4) is 0 Å². The highest BCUT2D eigenvalue weighted by molar-refractivity contribution is 6.15. The molecule has 1 N–H and O–H groups in total. The number of amides is 4. The number of ether oxygens (including phenoxy) is 1. The van der Waals surface area contributed by atoms with E-state index in [-0.39, 0.29) is 19.4 Å². The van der Waals surface area contributed by atoms with Crippen LogP contribution in [0.3, 0.4) is 0 Å². The van der Waals surface area contributed by atoms with E-state index in [9.17, 15) is 28.8 Å².